The fourth-order valence-electron chi connectivity index (χ4n) is 3.83. The first-order valence-corrected chi connectivity index (χ1v) is 10.9. The van der Waals surface area contributed by atoms with Crippen molar-refractivity contribution in [1.29, 1.82) is 0 Å². The number of hydrogen-bond donors (Lipinski definition) is 3. The molecule has 0 aromatic carbocycles. The molecule has 1 aliphatic heterocycles. The van der Waals surface area contributed by atoms with Crippen LogP contribution >= 0.6 is 0 Å². The molecule has 0 spiro atoms. The van der Waals surface area contributed by atoms with Crippen molar-refractivity contribution >= 4 is 0 Å². The molecule has 1 aliphatic rings. The van der Waals surface area contributed by atoms with E-state index in [1.54, 1.807) is 0 Å². The lowest BCUT2D eigenvalue weighted by Gasteiger charge is -2.30. The van der Waals surface area contributed by atoms with E-state index < -0.39 is 5.60 Å². The molecule has 0 aromatic rings. The predicted octanol–water partition coefficient (Wildman–Crippen LogP) is 3.11. The Kier molecular flexibility index (Phi) is 14.5. The number of unbranched alkanes of at least 4 members (excludes halogenated alkanes) is 7. The van der Waals surface area contributed by atoms with Gasteiger partial charge in [0.1, 0.15) is 0 Å². The van der Waals surface area contributed by atoms with Gasteiger partial charge >= 0.3 is 0 Å². The number of hydrogen-bond acceptors (Lipinski definition) is 5. The van der Waals surface area contributed by atoms with E-state index in [0.29, 0.717) is 0 Å². The highest BCUT2D eigenvalue weighted by atomic mass is 16.5. The van der Waals surface area contributed by atoms with Crippen LogP contribution in [0.25, 0.3) is 0 Å². The standard InChI is InChI=1S/C21H43NO4/c23-17-9-3-1-5-11-21(25,12-6-2-4-10-18-24)13-7-8-14-22-15-19-26-20-16-22/h23-25H,1-20H2. The molecule has 0 saturated carbocycles. The Labute approximate surface area is 160 Å². The molecule has 0 aliphatic carbocycles. The van der Waals surface area contributed by atoms with E-state index in [-0.39, 0.29) is 13.2 Å². The van der Waals surface area contributed by atoms with Crippen LogP contribution in [0.5, 0.6) is 0 Å². The van der Waals surface area contributed by atoms with Gasteiger partial charge in [0, 0.05) is 26.3 Å². The van der Waals surface area contributed by atoms with Crippen LogP contribution in [0.4, 0.5) is 0 Å². The molecular weight excluding hydrogens is 330 g/mol. The lowest BCUT2D eigenvalue weighted by atomic mass is 9.85. The summed E-state index contributed by atoms with van der Waals surface area (Å²) in [5, 5.41) is 28.9. The summed E-state index contributed by atoms with van der Waals surface area (Å²) in [5.41, 5.74) is -0.524. The number of aliphatic hydroxyl groups is 3. The van der Waals surface area contributed by atoms with Crippen molar-refractivity contribution in [3.05, 3.63) is 0 Å². The van der Waals surface area contributed by atoms with Gasteiger partial charge in [-0.3, -0.25) is 4.90 Å². The van der Waals surface area contributed by atoms with E-state index >= 15 is 0 Å². The molecule has 0 radical (unpaired) electrons. The largest absolute Gasteiger partial charge is 0.396 e. The van der Waals surface area contributed by atoms with E-state index in [0.717, 1.165) is 116 Å². The topological polar surface area (TPSA) is 73.2 Å². The molecule has 5 nitrogen and oxygen atoms in total. The zero-order valence-electron chi connectivity index (χ0n) is 16.8. The molecule has 1 heterocycles. The summed E-state index contributed by atoms with van der Waals surface area (Å²) in [7, 11) is 0. The SMILES string of the molecule is OCCCCCCC(O)(CCCCCCO)CCCCN1CCOCC1. The number of rotatable bonds is 17. The Balaban J connectivity index is 2.24. The zero-order valence-corrected chi connectivity index (χ0v) is 16.8. The highest BCUT2D eigenvalue weighted by molar-refractivity contribution is 4.79. The first-order chi connectivity index (χ1) is 12.7. The fraction of sp³-hybridized carbons (Fsp3) is 1.00. The molecular formula is C21H43NO4. The maximum atomic E-state index is 11.1. The fourth-order valence-corrected chi connectivity index (χ4v) is 3.83. The molecule has 0 unspecified atom stereocenters. The van der Waals surface area contributed by atoms with Crippen molar-refractivity contribution in [2.24, 2.45) is 0 Å². The van der Waals surface area contributed by atoms with Gasteiger partial charge < -0.3 is 20.1 Å². The normalized spacial score (nSPS) is 16.3. The summed E-state index contributed by atoms with van der Waals surface area (Å²) in [6.45, 7) is 5.46. The second kappa shape index (κ2) is 15.8. The number of nitrogens with zero attached hydrogens (tertiary/aromatic N) is 1. The summed E-state index contributed by atoms with van der Waals surface area (Å²) in [5.74, 6) is 0. The van der Waals surface area contributed by atoms with Crippen molar-refractivity contribution in [3.63, 3.8) is 0 Å². The van der Waals surface area contributed by atoms with E-state index in [1.165, 1.54) is 0 Å². The Morgan fingerprint density at radius 3 is 1.62 bits per heavy atom. The average molecular weight is 374 g/mol. The monoisotopic (exact) mass is 373 g/mol. The molecule has 1 fully saturated rings. The van der Waals surface area contributed by atoms with Crippen molar-refractivity contribution in [2.75, 3.05) is 46.1 Å². The molecule has 0 aromatic heterocycles. The van der Waals surface area contributed by atoms with Gasteiger partial charge in [0.2, 0.25) is 0 Å². The molecule has 0 atom stereocenters. The maximum Gasteiger partial charge on any atom is 0.0647 e. The average Bonchev–Trinajstić information content (AvgIpc) is 2.66. The Bertz CT molecular complexity index is 294. The Hall–Kier alpha value is -0.200. The third kappa shape index (κ3) is 12.2. The van der Waals surface area contributed by atoms with Crippen molar-refractivity contribution in [3.8, 4) is 0 Å². The molecule has 0 bridgehead atoms. The second-order valence-corrected chi connectivity index (χ2v) is 7.91. The van der Waals surface area contributed by atoms with Crippen LogP contribution in [0, 0.1) is 0 Å². The molecule has 3 N–H and O–H groups in total. The molecule has 26 heavy (non-hydrogen) atoms. The summed E-state index contributed by atoms with van der Waals surface area (Å²) in [6, 6.07) is 0. The van der Waals surface area contributed by atoms with Gasteiger partial charge in [-0.15, -0.1) is 0 Å². The van der Waals surface area contributed by atoms with Crippen LogP contribution in [0.3, 0.4) is 0 Å². The van der Waals surface area contributed by atoms with E-state index in [2.05, 4.69) is 4.90 Å². The van der Waals surface area contributed by atoms with Gasteiger partial charge in [0.15, 0.2) is 0 Å². The summed E-state index contributed by atoms with van der Waals surface area (Å²) >= 11 is 0. The van der Waals surface area contributed by atoms with Crippen LogP contribution in [0.1, 0.15) is 83.5 Å². The van der Waals surface area contributed by atoms with Gasteiger partial charge in [-0.1, -0.05) is 38.5 Å². The van der Waals surface area contributed by atoms with Crippen molar-refractivity contribution < 1.29 is 20.1 Å². The number of ether oxygens (including phenoxy) is 1. The van der Waals surface area contributed by atoms with Gasteiger partial charge in [-0.05, 0) is 51.5 Å². The van der Waals surface area contributed by atoms with Gasteiger partial charge in [-0.25, -0.2) is 0 Å². The number of morpholine rings is 1. The highest BCUT2D eigenvalue weighted by Crippen LogP contribution is 2.28. The summed E-state index contributed by atoms with van der Waals surface area (Å²) in [6.07, 6.45) is 13.1. The second-order valence-electron chi connectivity index (χ2n) is 7.91. The van der Waals surface area contributed by atoms with Crippen LogP contribution in [0.2, 0.25) is 0 Å². The van der Waals surface area contributed by atoms with Crippen molar-refractivity contribution in [2.45, 2.75) is 89.1 Å². The summed E-state index contributed by atoms with van der Waals surface area (Å²) < 4.78 is 5.39. The first-order valence-electron chi connectivity index (χ1n) is 10.9. The van der Waals surface area contributed by atoms with Crippen molar-refractivity contribution in [1.82, 2.24) is 4.90 Å². The van der Waals surface area contributed by atoms with Crippen LogP contribution in [0.15, 0.2) is 0 Å². The number of aliphatic hydroxyl groups excluding tert-OH is 2. The molecule has 156 valence electrons. The minimum atomic E-state index is -0.524. The Morgan fingerprint density at radius 1 is 0.654 bits per heavy atom. The molecule has 1 rings (SSSR count). The van der Waals surface area contributed by atoms with Crippen LogP contribution in [-0.2, 0) is 4.74 Å². The predicted molar refractivity (Wildman–Crippen MR) is 106 cm³/mol. The maximum absolute atomic E-state index is 11.1. The van der Waals surface area contributed by atoms with Gasteiger partial charge in [-0.2, -0.15) is 0 Å². The lowest BCUT2D eigenvalue weighted by molar-refractivity contribution is 0.00455. The van der Waals surface area contributed by atoms with Crippen LogP contribution < -0.4 is 0 Å². The zero-order chi connectivity index (χ0) is 18.9. The highest BCUT2D eigenvalue weighted by Gasteiger charge is 2.25. The third-order valence-corrected chi connectivity index (χ3v) is 5.57. The molecule has 1 saturated heterocycles. The Morgan fingerprint density at radius 2 is 1.12 bits per heavy atom. The van der Waals surface area contributed by atoms with E-state index in [1.807, 2.05) is 0 Å². The first kappa shape index (κ1) is 23.8. The third-order valence-electron chi connectivity index (χ3n) is 5.57. The van der Waals surface area contributed by atoms with E-state index in [4.69, 9.17) is 14.9 Å². The van der Waals surface area contributed by atoms with Gasteiger partial charge in [0.25, 0.3) is 0 Å². The van der Waals surface area contributed by atoms with E-state index in [9.17, 15) is 5.11 Å². The van der Waals surface area contributed by atoms with Crippen LogP contribution in [-0.4, -0.2) is 71.9 Å². The van der Waals surface area contributed by atoms with Gasteiger partial charge in [0.05, 0.1) is 18.8 Å². The minimum absolute atomic E-state index is 0.274. The smallest absolute Gasteiger partial charge is 0.0647 e. The molecule has 0 amide bonds. The summed E-state index contributed by atoms with van der Waals surface area (Å²) in [4.78, 5) is 2.46. The molecule has 5 heteroatoms. The lowest BCUT2D eigenvalue weighted by Crippen LogP contribution is -2.37. The minimum Gasteiger partial charge on any atom is -0.396 e. The quantitative estimate of drug-likeness (QED) is 0.342.